The van der Waals surface area contributed by atoms with E-state index < -0.39 is 5.41 Å². The van der Waals surface area contributed by atoms with Gasteiger partial charge in [0.1, 0.15) is 11.9 Å². The molecule has 0 bridgehead atoms. The number of carbonyl (C=O) groups is 1. The van der Waals surface area contributed by atoms with Crippen LogP contribution in [0.4, 0.5) is 17.1 Å². The van der Waals surface area contributed by atoms with E-state index in [0.717, 1.165) is 51.8 Å². The van der Waals surface area contributed by atoms with Gasteiger partial charge in [-0.25, -0.2) is 0 Å². The molecule has 1 atom stereocenters. The number of nitriles is 1. The Morgan fingerprint density at radius 2 is 1.87 bits per heavy atom. The second-order valence-corrected chi connectivity index (χ2v) is 10.3. The van der Waals surface area contributed by atoms with Crippen LogP contribution in [0.25, 0.3) is 22.0 Å². The average Bonchev–Trinajstić information content (AvgIpc) is 3.48. The van der Waals surface area contributed by atoms with Gasteiger partial charge < -0.3 is 19.3 Å². The highest BCUT2D eigenvalue weighted by atomic mass is 16.5. The number of aromatic nitrogens is 2. The van der Waals surface area contributed by atoms with Crippen LogP contribution in [0.3, 0.4) is 0 Å². The Kier molecular flexibility index (Phi) is 7.18. The quantitative estimate of drug-likeness (QED) is 0.278. The molecule has 0 radical (unpaired) electrons. The van der Waals surface area contributed by atoms with Crippen molar-refractivity contribution in [3.05, 3.63) is 72.7 Å². The van der Waals surface area contributed by atoms with Gasteiger partial charge in [-0.05, 0) is 55.3 Å². The van der Waals surface area contributed by atoms with Crippen LogP contribution in [-0.4, -0.2) is 49.8 Å². The predicted octanol–water partition coefficient (Wildman–Crippen LogP) is 5.63. The molecule has 3 heterocycles. The van der Waals surface area contributed by atoms with Crippen molar-refractivity contribution in [2.45, 2.75) is 31.8 Å². The Labute approximate surface area is 228 Å². The first-order chi connectivity index (χ1) is 18.8. The monoisotopic (exact) mass is 521 g/mol. The van der Waals surface area contributed by atoms with E-state index in [1.165, 1.54) is 4.90 Å². The van der Waals surface area contributed by atoms with Gasteiger partial charge in [0, 0.05) is 43.4 Å². The van der Waals surface area contributed by atoms with Crippen LogP contribution in [0.1, 0.15) is 25.8 Å². The summed E-state index contributed by atoms with van der Waals surface area (Å²) in [6.45, 7) is 5.10. The minimum atomic E-state index is -0.588. The lowest BCUT2D eigenvalue weighted by atomic mass is 9.86. The highest BCUT2D eigenvalue weighted by molar-refractivity contribution is 6.04. The van der Waals surface area contributed by atoms with Crippen molar-refractivity contribution in [1.82, 2.24) is 9.97 Å². The van der Waals surface area contributed by atoms with Crippen molar-refractivity contribution in [1.29, 1.82) is 5.26 Å². The van der Waals surface area contributed by atoms with Crippen molar-refractivity contribution >= 4 is 34.4 Å². The van der Waals surface area contributed by atoms with Crippen molar-refractivity contribution in [3.63, 3.8) is 0 Å². The largest absolute Gasteiger partial charge is 0.486 e. The van der Waals surface area contributed by atoms with Crippen LogP contribution in [0.2, 0.25) is 0 Å². The van der Waals surface area contributed by atoms with Gasteiger partial charge in [0.2, 0.25) is 6.41 Å². The normalized spacial score (nSPS) is 15.1. The topological polar surface area (TPSA) is 91.6 Å². The third-order valence-electron chi connectivity index (χ3n) is 7.19. The zero-order valence-electron chi connectivity index (χ0n) is 22.6. The highest BCUT2D eigenvalue weighted by Gasteiger charge is 2.22. The molecule has 1 aliphatic rings. The lowest BCUT2D eigenvalue weighted by molar-refractivity contribution is -0.107. The lowest BCUT2D eigenvalue weighted by Crippen LogP contribution is -2.20. The Bertz CT molecular complexity index is 1540. The maximum atomic E-state index is 11.8. The fourth-order valence-electron chi connectivity index (χ4n) is 4.75. The van der Waals surface area contributed by atoms with Gasteiger partial charge in [0.25, 0.3) is 0 Å². The van der Waals surface area contributed by atoms with E-state index in [1.807, 2.05) is 74.5 Å². The first-order valence-electron chi connectivity index (χ1n) is 12.9. The molecule has 2 aromatic carbocycles. The van der Waals surface area contributed by atoms with E-state index in [0.29, 0.717) is 24.7 Å². The third-order valence-corrected chi connectivity index (χ3v) is 7.19. The summed E-state index contributed by atoms with van der Waals surface area (Å²) >= 11 is 0. The van der Waals surface area contributed by atoms with E-state index in [-0.39, 0.29) is 6.10 Å². The molecule has 4 aromatic rings. The Balaban J connectivity index is 1.59. The molecule has 39 heavy (non-hydrogen) atoms. The van der Waals surface area contributed by atoms with Crippen molar-refractivity contribution in [3.8, 4) is 22.9 Å². The molecule has 1 unspecified atom stereocenters. The number of fused-ring (bicyclic) bond motifs is 1. The first kappa shape index (κ1) is 26.1. The Hall–Kier alpha value is -4.48. The minimum absolute atomic E-state index is 0.0367. The summed E-state index contributed by atoms with van der Waals surface area (Å²) in [6, 6.07) is 18.3. The van der Waals surface area contributed by atoms with E-state index >= 15 is 0 Å². The van der Waals surface area contributed by atoms with Crippen LogP contribution >= 0.6 is 0 Å². The molecule has 0 spiro atoms. The van der Waals surface area contributed by atoms with Crippen molar-refractivity contribution in [2.24, 2.45) is 0 Å². The van der Waals surface area contributed by atoms with Crippen LogP contribution in [0.15, 0.2) is 67.1 Å². The zero-order chi connectivity index (χ0) is 27.6. The predicted molar refractivity (Wildman–Crippen MR) is 152 cm³/mol. The molecular formula is C31H31N5O3. The number of ether oxygens (including phenoxy) is 2. The molecule has 1 amide bonds. The summed E-state index contributed by atoms with van der Waals surface area (Å²) in [6.07, 6.45) is 6.93. The summed E-state index contributed by atoms with van der Waals surface area (Å²) in [5, 5.41) is 10.4. The van der Waals surface area contributed by atoms with Gasteiger partial charge in [0.05, 0.1) is 54.0 Å². The van der Waals surface area contributed by atoms with Crippen LogP contribution in [0, 0.1) is 11.3 Å². The Morgan fingerprint density at radius 1 is 1.08 bits per heavy atom. The number of hydrogen-bond acceptors (Lipinski definition) is 7. The number of amides is 1. The van der Waals surface area contributed by atoms with E-state index in [1.54, 1.807) is 19.4 Å². The zero-order valence-corrected chi connectivity index (χ0v) is 22.6. The molecular weight excluding hydrogens is 490 g/mol. The van der Waals surface area contributed by atoms with Gasteiger partial charge >= 0.3 is 0 Å². The molecule has 8 nitrogen and oxygen atoms in total. The van der Waals surface area contributed by atoms with Crippen LogP contribution < -0.4 is 14.5 Å². The molecule has 0 aliphatic carbocycles. The maximum Gasteiger partial charge on any atom is 0.213 e. The lowest BCUT2D eigenvalue weighted by Gasteiger charge is -2.27. The van der Waals surface area contributed by atoms with Gasteiger partial charge in [-0.3, -0.25) is 14.8 Å². The van der Waals surface area contributed by atoms with Crippen LogP contribution in [-0.2, 0) is 14.9 Å². The number of nitrogens with zero attached hydrogens (tertiary/aromatic N) is 5. The third kappa shape index (κ3) is 5.27. The summed E-state index contributed by atoms with van der Waals surface area (Å²) in [5.74, 6) is 0.702. The molecule has 1 aliphatic heterocycles. The number of benzene rings is 2. The molecule has 8 heteroatoms. The van der Waals surface area contributed by atoms with Crippen LogP contribution in [0.5, 0.6) is 5.75 Å². The molecule has 0 N–H and O–H groups in total. The van der Waals surface area contributed by atoms with E-state index in [2.05, 4.69) is 22.1 Å². The standard InChI is InChI=1S/C31H31N5O3/c1-31(2,19-32)23-6-8-24(9-7-23)36(4)30-27-14-21(5-10-28(27)34-17-29(30)35(3)20-37)22-13-26(16-33-15-22)39-25-11-12-38-18-25/h5-10,13-17,20,25H,11-12,18H2,1-4H3. The number of carbonyl (C=O) groups excluding carboxylic acids is 1. The van der Waals surface area contributed by atoms with E-state index in [9.17, 15) is 10.1 Å². The molecule has 198 valence electrons. The minimum Gasteiger partial charge on any atom is -0.486 e. The molecule has 0 saturated carbocycles. The number of rotatable bonds is 8. The smallest absolute Gasteiger partial charge is 0.213 e. The SMILES string of the molecule is CN(C=O)c1cnc2ccc(-c3cncc(OC4CCOC4)c3)cc2c1N(C)c1ccc(C(C)(C)C#N)cc1. The fourth-order valence-corrected chi connectivity index (χ4v) is 4.75. The number of pyridine rings is 2. The number of anilines is 3. The fraction of sp³-hybridized carbons (Fsp3) is 0.290. The van der Waals surface area contributed by atoms with E-state index in [4.69, 9.17) is 9.47 Å². The van der Waals surface area contributed by atoms with Crippen molar-refractivity contribution in [2.75, 3.05) is 37.1 Å². The molecule has 5 rings (SSSR count). The molecule has 1 saturated heterocycles. The summed E-state index contributed by atoms with van der Waals surface area (Å²) in [4.78, 5) is 24.5. The summed E-state index contributed by atoms with van der Waals surface area (Å²) < 4.78 is 11.5. The first-order valence-corrected chi connectivity index (χ1v) is 12.9. The van der Waals surface area contributed by atoms with Gasteiger partial charge in [-0.1, -0.05) is 18.2 Å². The Morgan fingerprint density at radius 3 is 2.56 bits per heavy atom. The maximum absolute atomic E-state index is 11.8. The second-order valence-electron chi connectivity index (χ2n) is 10.3. The summed E-state index contributed by atoms with van der Waals surface area (Å²) in [7, 11) is 3.68. The van der Waals surface area contributed by atoms with Crippen molar-refractivity contribution < 1.29 is 14.3 Å². The van der Waals surface area contributed by atoms with Gasteiger partial charge in [-0.2, -0.15) is 5.26 Å². The average molecular weight is 522 g/mol. The number of hydrogen-bond donors (Lipinski definition) is 0. The highest BCUT2D eigenvalue weighted by Crippen LogP contribution is 2.40. The molecule has 2 aromatic heterocycles. The second kappa shape index (κ2) is 10.7. The summed E-state index contributed by atoms with van der Waals surface area (Å²) in [5.41, 5.74) is 5.46. The molecule has 1 fully saturated rings. The van der Waals surface area contributed by atoms with Gasteiger partial charge in [-0.15, -0.1) is 0 Å². The van der Waals surface area contributed by atoms with Gasteiger partial charge in [0.15, 0.2) is 0 Å².